The zero-order valence-electron chi connectivity index (χ0n) is 11.9. The van der Waals surface area contributed by atoms with E-state index in [4.69, 9.17) is 4.74 Å². The average Bonchev–Trinajstić information content (AvgIpc) is 2.48. The summed E-state index contributed by atoms with van der Waals surface area (Å²) in [6, 6.07) is 9.26. The van der Waals surface area contributed by atoms with Crippen molar-refractivity contribution in [2.24, 2.45) is 0 Å². The molecule has 4 heteroatoms. The molecule has 0 saturated carbocycles. The van der Waals surface area contributed by atoms with Crippen molar-refractivity contribution < 1.29 is 4.74 Å². The second-order valence-electron chi connectivity index (χ2n) is 4.89. The third-order valence-corrected chi connectivity index (χ3v) is 4.55. The first kappa shape index (κ1) is 14.9. The first-order valence-corrected chi connectivity index (χ1v) is 7.98. The molecule has 0 aliphatic carbocycles. The Hall–Kier alpha value is -0.550. The maximum absolute atomic E-state index is 5.36. The van der Waals surface area contributed by atoms with Gasteiger partial charge in [0.2, 0.25) is 0 Å². The predicted octanol–water partition coefficient (Wildman–Crippen LogP) is 2.39. The van der Waals surface area contributed by atoms with Crippen LogP contribution in [-0.2, 0) is 4.74 Å². The Morgan fingerprint density at radius 2 is 2.16 bits per heavy atom. The highest BCUT2D eigenvalue weighted by Crippen LogP contribution is 2.22. The lowest BCUT2D eigenvalue weighted by atomic mass is 10.1. The number of hydrogen-bond donors (Lipinski definition) is 1. The standard InChI is InChI=1S/C15H24N2OS/c1-13(16-2)14-4-3-5-15(12-14)19-11-8-17-6-9-18-10-7-17/h3-5,12-13,16H,6-11H2,1-2H3. The fourth-order valence-electron chi connectivity index (χ4n) is 2.16. The molecule has 1 aliphatic rings. The van der Waals surface area contributed by atoms with Gasteiger partial charge in [-0.05, 0) is 31.7 Å². The molecule has 1 N–H and O–H groups in total. The minimum absolute atomic E-state index is 0.416. The van der Waals surface area contributed by atoms with Gasteiger partial charge in [-0.2, -0.15) is 0 Å². The van der Waals surface area contributed by atoms with Crippen molar-refractivity contribution in [1.82, 2.24) is 10.2 Å². The molecule has 0 amide bonds. The summed E-state index contributed by atoms with van der Waals surface area (Å²) in [7, 11) is 2.00. The highest BCUT2D eigenvalue weighted by molar-refractivity contribution is 7.99. The van der Waals surface area contributed by atoms with E-state index in [0.717, 1.165) is 38.6 Å². The summed E-state index contributed by atoms with van der Waals surface area (Å²) in [5.74, 6) is 1.15. The molecule has 0 aromatic heterocycles. The van der Waals surface area contributed by atoms with Crippen LogP contribution in [0.2, 0.25) is 0 Å². The number of rotatable bonds is 6. The molecule has 1 unspecified atom stereocenters. The Labute approximate surface area is 120 Å². The molecule has 1 aliphatic heterocycles. The lowest BCUT2D eigenvalue weighted by molar-refractivity contribution is 0.0410. The molecule has 1 saturated heterocycles. The molecule has 0 spiro atoms. The van der Waals surface area contributed by atoms with Crippen LogP contribution in [-0.4, -0.2) is 50.5 Å². The van der Waals surface area contributed by atoms with E-state index in [0.29, 0.717) is 6.04 Å². The lowest BCUT2D eigenvalue weighted by Crippen LogP contribution is -2.37. The molecule has 106 valence electrons. The van der Waals surface area contributed by atoms with Gasteiger partial charge in [-0.25, -0.2) is 0 Å². The van der Waals surface area contributed by atoms with E-state index >= 15 is 0 Å². The Morgan fingerprint density at radius 3 is 2.89 bits per heavy atom. The summed E-state index contributed by atoms with van der Waals surface area (Å²) >= 11 is 1.95. The Morgan fingerprint density at radius 1 is 1.37 bits per heavy atom. The highest BCUT2D eigenvalue weighted by Gasteiger charge is 2.10. The summed E-state index contributed by atoms with van der Waals surface area (Å²) < 4.78 is 5.36. The van der Waals surface area contributed by atoms with Crippen molar-refractivity contribution in [1.29, 1.82) is 0 Å². The van der Waals surface area contributed by atoms with Crippen LogP contribution < -0.4 is 5.32 Å². The third-order valence-electron chi connectivity index (χ3n) is 3.57. The van der Waals surface area contributed by atoms with Crippen LogP contribution in [0.5, 0.6) is 0 Å². The van der Waals surface area contributed by atoms with Crippen molar-refractivity contribution in [3.05, 3.63) is 29.8 Å². The summed E-state index contributed by atoms with van der Waals surface area (Å²) in [6.07, 6.45) is 0. The number of benzene rings is 1. The van der Waals surface area contributed by atoms with E-state index in [1.807, 2.05) is 18.8 Å². The molecule has 1 fully saturated rings. The van der Waals surface area contributed by atoms with Crippen molar-refractivity contribution in [3.8, 4) is 0 Å². The van der Waals surface area contributed by atoms with Gasteiger partial charge in [-0.1, -0.05) is 12.1 Å². The number of hydrogen-bond acceptors (Lipinski definition) is 4. The van der Waals surface area contributed by atoms with E-state index in [2.05, 4.69) is 41.4 Å². The molecule has 1 heterocycles. The van der Waals surface area contributed by atoms with Gasteiger partial charge in [0.05, 0.1) is 13.2 Å². The first-order valence-electron chi connectivity index (χ1n) is 6.99. The smallest absolute Gasteiger partial charge is 0.0594 e. The van der Waals surface area contributed by atoms with E-state index < -0.39 is 0 Å². The molecular formula is C15H24N2OS. The van der Waals surface area contributed by atoms with Crippen LogP contribution in [0.25, 0.3) is 0 Å². The minimum atomic E-state index is 0.416. The average molecular weight is 280 g/mol. The second kappa shape index (κ2) is 7.90. The van der Waals surface area contributed by atoms with Crippen LogP contribution in [0, 0.1) is 0 Å². The van der Waals surface area contributed by atoms with Gasteiger partial charge in [0, 0.05) is 36.3 Å². The van der Waals surface area contributed by atoms with Gasteiger partial charge in [-0.15, -0.1) is 11.8 Å². The molecule has 0 bridgehead atoms. The molecule has 1 aromatic rings. The largest absolute Gasteiger partial charge is 0.379 e. The zero-order valence-corrected chi connectivity index (χ0v) is 12.7. The Balaban J connectivity index is 1.78. The van der Waals surface area contributed by atoms with Crippen LogP contribution in [0.1, 0.15) is 18.5 Å². The first-order chi connectivity index (χ1) is 9.29. The van der Waals surface area contributed by atoms with Gasteiger partial charge in [0.25, 0.3) is 0 Å². The quantitative estimate of drug-likeness (QED) is 0.809. The van der Waals surface area contributed by atoms with Crippen molar-refractivity contribution in [2.75, 3.05) is 45.6 Å². The molecule has 0 radical (unpaired) electrons. The topological polar surface area (TPSA) is 24.5 Å². The SMILES string of the molecule is CNC(C)c1cccc(SCCN2CCOCC2)c1. The molecule has 19 heavy (non-hydrogen) atoms. The van der Waals surface area contributed by atoms with Gasteiger partial charge >= 0.3 is 0 Å². The van der Waals surface area contributed by atoms with Crippen LogP contribution >= 0.6 is 11.8 Å². The van der Waals surface area contributed by atoms with E-state index in [9.17, 15) is 0 Å². The molecule has 3 nitrogen and oxygen atoms in total. The van der Waals surface area contributed by atoms with E-state index in [1.54, 1.807) is 0 Å². The summed E-state index contributed by atoms with van der Waals surface area (Å²) in [5.41, 5.74) is 1.36. The molecule has 1 aromatic carbocycles. The third kappa shape index (κ3) is 4.80. The number of nitrogens with zero attached hydrogens (tertiary/aromatic N) is 1. The normalized spacial score (nSPS) is 18.4. The fraction of sp³-hybridized carbons (Fsp3) is 0.600. The predicted molar refractivity (Wildman–Crippen MR) is 81.9 cm³/mol. The van der Waals surface area contributed by atoms with Crippen molar-refractivity contribution >= 4 is 11.8 Å². The maximum atomic E-state index is 5.36. The van der Waals surface area contributed by atoms with Crippen molar-refractivity contribution in [2.45, 2.75) is 17.9 Å². The van der Waals surface area contributed by atoms with Gasteiger partial charge in [0.15, 0.2) is 0 Å². The summed E-state index contributed by atoms with van der Waals surface area (Å²) in [5, 5.41) is 3.28. The Kier molecular flexibility index (Phi) is 6.17. The molecule has 1 atom stereocenters. The zero-order chi connectivity index (χ0) is 13.5. The number of morpholine rings is 1. The molecular weight excluding hydrogens is 256 g/mol. The van der Waals surface area contributed by atoms with Gasteiger partial charge in [0.1, 0.15) is 0 Å². The van der Waals surface area contributed by atoms with E-state index in [1.165, 1.54) is 10.5 Å². The lowest BCUT2D eigenvalue weighted by Gasteiger charge is -2.26. The minimum Gasteiger partial charge on any atom is -0.379 e. The monoisotopic (exact) mass is 280 g/mol. The molecule has 2 rings (SSSR count). The number of thioether (sulfide) groups is 1. The second-order valence-corrected chi connectivity index (χ2v) is 6.05. The fourth-order valence-corrected chi connectivity index (χ4v) is 3.14. The Bertz CT molecular complexity index is 380. The highest BCUT2D eigenvalue weighted by atomic mass is 32.2. The summed E-state index contributed by atoms with van der Waals surface area (Å²) in [4.78, 5) is 3.85. The van der Waals surface area contributed by atoms with Crippen LogP contribution in [0.3, 0.4) is 0 Å². The van der Waals surface area contributed by atoms with Gasteiger partial charge in [-0.3, -0.25) is 4.90 Å². The van der Waals surface area contributed by atoms with Crippen LogP contribution in [0.4, 0.5) is 0 Å². The number of ether oxygens (including phenoxy) is 1. The van der Waals surface area contributed by atoms with E-state index in [-0.39, 0.29) is 0 Å². The van der Waals surface area contributed by atoms with Crippen molar-refractivity contribution in [3.63, 3.8) is 0 Å². The maximum Gasteiger partial charge on any atom is 0.0594 e. The number of nitrogens with one attached hydrogen (secondary N) is 1. The summed E-state index contributed by atoms with van der Waals surface area (Å²) in [6.45, 7) is 7.28. The van der Waals surface area contributed by atoms with Gasteiger partial charge < -0.3 is 10.1 Å². The van der Waals surface area contributed by atoms with Crippen LogP contribution in [0.15, 0.2) is 29.2 Å².